The Morgan fingerprint density at radius 3 is 3.09 bits per heavy atom. The van der Waals surface area contributed by atoms with Crippen LogP contribution in [-0.4, -0.2) is 12.1 Å². The van der Waals surface area contributed by atoms with Crippen LogP contribution in [0.15, 0.2) is 22.7 Å². The first-order chi connectivity index (χ1) is 10.7. The first kappa shape index (κ1) is 15.0. The summed E-state index contributed by atoms with van der Waals surface area (Å²) in [4.78, 5) is 4.25. The van der Waals surface area contributed by atoms with Crippen LogP contribution in [0.1, 0.15) is 48.6 Å². The van der Waals surface area contributed by atoms with Gasteiger partial charge in [-0.25, -0.2) is 9.37 Å². The number of hydrogen-bond acceptors (Lipinski definition) is 4. The van der Waals surface area contributed by atoms with E-state index in [1.807, 2.05) is 6.07 Å². The summed E-state index contributed by atoms with van der Waals surface area (Å²) in [6.07, 6.45) is 5.26. The lowest BCUT2D eigenvalue weighted by molar-refractivity contribution is 0.384. The van der Waals surface area contributed by atoms with E-state index >= 15 is 0 Å². The van der Waals surface area contributed by atoms with E-state index in [4.69, 9.17) is 9.15 Å². The van der Waals surface area contributed by atoms with Crippen molar-refractivity contribution in [3.63, 3.8) is 0 Å². The molecule has 3 rings (SSSR count). The highest BCUT2D eigenvalue weighted by Gasteiger charge is 2.26. The number of fused-ring (bicyclic) bond motifs is 1. The van der Waals surface area contributed by atoms with Crippen molar-refractivity contribution in [2.45, 2.75) is 45.2 Å². The summed E-state index contributed by atoms with van der Waals surface area (Å²) in [6, 6.07) is 3.79. The monoisotopic (exact) mass is 304 g/mol. The van der Waals surface area contributed by atoms with E-state index in [9.17, 15) is 4.39 Å². The van der Waals surface area contributed by atoms with Crippen molar-refractivity contribution < 1.29 is 13.5 Å². The largest absolute Gasteiger partial charge is 0.494 e. The summed E-state index contributed by atoms with van der Waals surface area (Å²) in [5.41, 5.74) is 1.78. The van der Waals surface area contributed by atoms with Gasteiger partial charge in [0, 0.05) is 12.5 Å². The molecule has 0 fully saturated rings. The van der Waals surface area contributed by atoms with Crippen LogP contribution < -0.4 is 10.1 Å². The summed E-state index contributed by atoms with van der Waals surface area (Å²) in [5, 5.41) is 3.43. The Labute approximate surface area is 129 Å². The predicted molar refractivity (Wildman–Crippen MR) is 81.4 cm³/mol. The summed E-state index contributed by atoms with van der Waals surface area (Å²) in [6.45, 7) is 2.70. The number of aromatic nitrogens is 1. The van der Waals surface area contributed by atoms with Gasteiger partial charge in [-0.05, 0) is 36.5 Å². The van der Waals surface area contributed by atoms with Crippen molar-refractivity contribution in [3.8, 4) is 5.75 Å². The van der Waals surface area contributed by atoms with Gasteiger partial charge in [0.05, 0.1) is 19.9 Å². The van der Waals surface area contributed by atoms with Crippen LogP contribution >= 0.6 is 0 Å². The SMILES string of the molecule is CCCc1ncc(CNC2CCc3c2ccc(OC)c3F)o1. The van der Waals surface area contributed by atoms with E-state index in [2.05, 4.69) is 17.2 Å². The minimum absolute atomic E-state index is 0.148. The molecule has 118 valence electrons. The molecule has 1 aromatic carbocycles. The van der Waals surface area contributed by atoms with Crippen molar-refractivity contribution in [3.05, 3.63) is 46.9 Å². The summed E-state index contributed by atoms with van der Waals surface area (Å²) < 4.78 is 24.9. The number of methoxy groups -OCH3 is 1. The van der Waals surface area contributed by atoms with Gasteiger partial charge in [0.25, 0.3) is 0 Å². The van der Waals surface area contributed by atoms with Gasteiger partial charge in [-0.2, -0.15) is 0 Å². The van der Waals surface area contributed by atoms with Crippen LogP contribution in [0.4, 0.5) is 4.39 Å². The molecule has 22 heavy (non-hydrogen) atoms. The van der Waals surface area contributed by atoms with Crippen molar-refractivity contribution in [2.75, 3.05) is 7.11 Å². The second-order valence-electron chi connectivity index (χ2n) is 5.59. The van der Waals surface area contributed by atoms with Crippen LogP contribution in [0.25, 0.3) is 0 Å². The Bertz CT molecular complexity index is 654. The molecule has 1 heterocycles. The van der Waals surface area contributed by atoms with Gasteiger partial charge >= 0.3 is 0 Å². The highest BCUT2D eigenvalue weighted by molar-refractivity contribution is 5.42. The zero-order valence-corrected chi connectivity index (χ0v) is 13.0. The molecular weight excluding hydrogens is 283 g/mol. The van der Waals surface area contributed by atoms with E-state index in [0.717, 1.165) is 48.5 Å². The number of hydrogen-bond donors (Lipinski definition) is 1. The lowest BCUT2D eigenvalue weighted by Gasteiger charge is -2.13. The smallest absolute Gasteiger partial charge is 0.194 e. The van der Waals surface area contributed by atoms with Crippen molar-refractivity contribution in [1.82, 2.24) is 10.3 Å². The molecule has 0 saturated heterocycles. The summed E-state index contributed by atoms with van der Waals surface area (Å²) >= 11 is 0. The molecule has 1 aliphatic carbocycles. The quantitative estimate of drug-likeness (QED) is 0.886. The number of nitrogens with one attached hydrogen (secondary N) is 1. The van der Waals surface area contributed by atoms with Gasteiger partial charge in [-0.3, -0.25) is 0 Å². The molecular formula is C17H21FN2O2. The molecule has 1 atom stereocenters. The van der Waals surface area contributed by atoms with Crippen LogP contribution in [0, 0.1) is 5.82 Å². The highest BCUT2D eigenvalue weighted by atomic mass is 19.1. The standard InChI is InChI=1S/C17H21FN2O2/c1-3-4-16-20-10-11(22-16)9-19-14-7-5-13-12(14)6-8-15(21-2)17(13)18/h6,8,10,14,19H,3-5,7,9H2,1-2H3. The van der Waals surface area contributed by atoms with Gasteiger partial charge in [-0.15, -0.1) is 0 Å². The lowest BCUT2D eigenvalue weighted by Crippen LogP contribution is -2.18. The second kappa shape index (κ2) is 6.48. The molecule has 0 bridgehead atoms. The normalized spacial score (nSPS) is 16.8. The fraction of sp³-hybridized carbons (Fsp3) is 0.471. The average molecular weight is 304 g/mol. The maximum Gasteiger partial charge on any atom is 0.194 e. The molecule has 5 heteroatoms. The molecule has 1 aliphatic rings. The van der Waals surface area contributed by atoms with E-state index in [1.54, 1.807) is 12.3 Å². The molecule has 1 unspecified atom stereocenters. The zero-order valence-electron chi connectivity index (χ0n) is 13.0. The van der Waals surface area contributed by atoms with Crippen LogP contribution in [0.3, 0.4) is 0 Å². The van der Waals surface area contributed by atoms with Crippen molar-refractivity contribution in [1.29, 1.82) is 0 Å². The lowest BCUT2D eigenvalue weighted by atomic mass is 10.1. The molecule has 1 N–H and O–H groups in total. The van der Waals surface area contributed by atoms with Crippen molar-refractivity contribution >= 4 is 0 Å². The number of rotatable bonds is 6. The minimum Gasteiger partial charge on any atom is -0.494 e. The summed E-state index contributed by atoms with van der Waals surface area (Å²) in [7, 11) is 1.49. The van der Waals surface area contributed by atoms with Gasteiger partial charge in [-0.1, -0.05) is 13.0 Å². The maximum absolute atomic E-state index is 14.2. The highest BCUT2D eigenvalue weighted by Crippen LogP contribution is 2.36. The summed E-state index contributed by atoms with van der Waals surface area (Å²) in [5.74, 6) is 1.70. The Kier molecular flexibility index (Phi) is 4.43. The number of aryl methyl sites for hydroxylation is 1. The molecule has 4 nitrogen and oxygen atoms in total. The first-order valence-corrected chi connectivity index (χ1v) is 7.75. The third-order valence-electron chi connectivity index (χ3n) is 4.11. The molecule has 0 spiro atoms. The van der Waals surface area contributed by atoms with Crippen molar-refractivity contribution in [2.24, 2.45) is 0 Å². The predicted octanol–water partition coefficient (Wildman–Crippen LogP) is 3.55. The van der Waals surface area contributed by atoms with Crippen LogP contribution in [0.5, 0.6) is 5.75 Å². The third kappa shape index (κ3) is 2.86. The average Bonchev–Trinajstić information content (AvgIpc) is 3.13. The molecule has 1 aromatic heterocycles. The van der Waals surface area contributed by atoms with Gasteiger partial charge in [0.2, 0.25) is 0 Å². The topological polar surface area (TPSA) is 47.3 Å². The third-order valence-corrected chi connectivity index (χ3v) is 4.11. The first-order valence-electron chi connectivity index (χ1n) is 7.75. The van der Waals surface area contributed by atoms with Gasteiger partial charge in [0.1, 0.15) is 5.76 Å². The number of oxazole rings is 1. The second-order valence-corrected chi connectivity index (χ2v) is 5.59. The Morgan fingerprint density at radius 1 is 1.45 bits per heavy atom. The van der Waals surface area contributed by atoms with Gasteiger partial charge in [0.15, 0.2) is 17.5 Å². The van der Waals surface area contributed by atoms with E-state index in [0.29, 0.717) is 12.3 Å². The number of ether oxygens (including phenoxy) is 1. The van der Waals surface area contributed by atoms with E-state index < -0.39 is 0 Å². The Hall–Kier alpha value is -1.88. The molecule has 0 amide bonds. The fourth-order valence-electron chi connectivity index (χ4n) is 2.99. The molecule has 0 aliphatic heterocycles. The van der Waals surface area contributed by atoms with E-state index in [1.165, 1.54) is 7.11 Å². The fourth-order valence-corrected chi connectivity index (χ4v) is 2.99. The van der Waals surface area contributed by atoms with E-state index in [-0.39, 0.29) is 11.9 Å². The minimum atomic E-state index is -0.228. The maximum atomic E-state index is 14.2. The molecule has 2 aromatic rings. The number of nitrogens with zero attached hydrogens (tertiary/aromatic N) is 1. The van der Waals surface area contributed by atoms with Crippen LogP contribution in [-0.2, 0) is 19.4 Å². The molecule has 0 radical (unpaired) electrons. The number of benzene rings is 1. The molecule has 0 saturated carbocycles. The zero-order chi connectivity index (χ0) is 15.5. The Balaban J connectivity index is 1.67. The van der Waals surface area contributed by atoms with Gasteiger partial charge < -0.3 is 14.5 Å². The van der Waals surface area contributed by atoms with Crippen LogP contribution in [0.2, 0.25) is 0 Å². The Morgan fingerprint density at radius 2 is 2.32 bits per heavy atom. The number of halogens is 1.